The van der Waals surface area contributed by atoms with Crippen LogP contribution in [-0.2, 0) is 30.8 Å². The van der Waals surface area contributed by atoms with Crippen LogP contribution >= 0.6 is 0 Å². The highest BCUT2D eigenvalue weighted by molar-refractivity contribution is 5.75. The first kappa shape index (κ1) is 16.9. The molecule has 1 amide bonds. The Kier molecular flexibility index (Phi) is 4.16. The second-order valence-electron chi connectivity index (χ2n) is 6.33. The van der Waals surface area contributed by atoms with E-state index in [-0.39, 0.29) is 18.9 Å². The summed E-state index contributed by atoms with van der Waals surface area (Å²) in [5.74, 6) is 0.759. The third-order valence-electron chi connectivity index (χ3n) is 4.67. The van der Waals surface area contributed by atoms with E-state index in [1.54, 1.807) is 18.2 Å². The molecule has 2 aromatic rings. The average molecular weight is 368 g/mol. The van der Waals surface area contributed by atoms with Crippen LogP contribution in [0.3, 0.4) is 0 Å². The molecule has 1 aromatic carbocycles. The standard InChI is InChI=1S/C18H16N4O5/c19-7-12-13-2-1-5-21(13)18(25)22(17(12)24)9-16(23)20-8-11-3-4-14-15(6-11)27-10-26-14/h3-4,6H,1-2,5,8-10H2,(H,20,23). The highest BCUT2D eigenvalue weighted by Gasteiger charge is 2.23. The van der Waals surface area contributed by atoms with Gasteiger partial charge >= 0.3 is 5.69 Å². The molecule has 0 spiro atoms. The predicted molar refractivity (Wildman–Crippen MR) is 92.4 cm³/mol. The largest absolute Gasteiger partial charge is 0.454 e. The summed E-state index contributed by atoms with van der Waals surface area (Å²) in [5, 5.41) is 11.9. The molecule has 0 bridgehead atoms. The number of carbonyl (C=O) groups is 1. The number of carbonyl (C=O) groups excluding carboxylic acids is 1. The molecule has 0 fully saturated rings. The fourth-order valence-electron chi connectivity index (χ4n) is 3.34. The van der Waals surface area contributed by atoms with Gasteiger partial charge in [-0.05, 0) is 30.5 Å². The minimum absolute atomic E-state index is 0.0596. The summed E-state index contributed by atoms with van der Waals surface area (Å²) in [6.07, 6.45) is 1.22. The van der Waals surface area contributed by atoms with Crippen molar-refractivity contribution in [3.63, 3.8) is 0 Å². The molecule has 138 valence electrons. The van der Waals surface area contributed by atoms with Gasteiger partial charge in [0, 0.05) is 18.8 Å². The summed E-state index contributed by atoms with van der Waals surface area (Å²) in [6, 6.07) is 7.16. The number of nitrogens with one attached hydrogen (secondary N) is 1. The first-order chi connectivity index (χ1) is 13.1. The van der Waals surface area contributed by atoms with Crippen molar-refractivity contribution in [2.45, 2.75) is 32.5 Å². The Morgan fingerprint density at radius 2 is 2.07 bits per heavy atom. The van der Waals surface area contributed by atoms with E-state index < -0.39 is 23.7 Å². The molecular weight excluding hydrogens is 352 g/mol. The number of rotatable bonds is 4. The second-order valence-corrected chi connectivity index (χ2v) is 6.33. The average Bonchev–Trinajstić information content (AvgIpc) is 3.33. The lowest BCUT2D eigenvalue weighted by Crippen LogP contribution is -2.45. The van der Waals surface area contributed by atoms with Crippen LogP contribution in [0.25, 0.3) is 0 Å². The number of amides is 1. The van der Waals surface area contributed by atoms with Gasteiger partial charge in [0.2, 0.25) is 12.7 Å². The SMILES string of the molecule is N#Cc1c2n(c(=O)n(CC(=O)NCc3ccc4c(c3)OCO4)c1=O)CCC2. The minimum Gasteiger partial charge on any atom is -0.454 e. The maximum Gasteiger partial charge on any atom is 0.331 e. The molecule has 3 heterocycles. The van der Waals surface area contributed by atoms with E-state index in [4.69, 9.17) is 9.47 Å². The normalized spacial score (nSPS) is 13.9. The topological polar surface area (TPSA) is 115 Å². The molecule has 9 nitrogen and oxygen atoms in total. The second kappa shape index (κ2) is 6.64. The van der Waals surface area contributed by atoms with Crippen LogP contribution in [0.2, 0.25) is 0 Å². The fraction of sp³-hybridized carbons (Fsp3) is 0.333. The zero-order chi connectivity index (χ0) is 19.0. The monoisotopic (exact) mass is 368 g/mol. The zero-order valence-electron chi connectivity index (χ0n) is 14.4. The smallest absolute Gasteiger partial charge is 0.331 e. The van der Waals surface area contributed by atoms with Gasteiger partial charge < -0.3 is 14.8 Å². The third kappa shape index (κ3) is 2.95. The van der Waals surface area contributed by atoms with Crippen LogP contribution < -0.4 is 26.0 Å². The Labute approximate surface area is 153 Å². The summed E-state index contributed by atoms with van der Waals surface area (Å²) in [4.78, 5) is 37.2. The van der Waals surface area contributed by atoms with E-state index in [9.17, 15) is 19.6 Å². The summed E-state index contributed by atoms with van der Waals surface area (Å²) >= 11 is 0. The number of ether oxygens (including phenoxy) is 2. The molecule has 0 unspecified atom stereocenters. The first-order valence-corrected chi connectivity index (χ1v) is 8.50. The lowest BCUT2D eigenvalue weighted by molar-refractivity contribution is -0.121. The van der Waals surface area contributed by atoms with Crippen LogP contribution in [0, 0.1) is 11.3 Å². The number of nitrogens with zero attached hydrogens (tertiary/aromatic N) is 3. The molecule has 4 rings (SSSR count). The van der Waals surface area contributed by atoms with Gasteiger partial charge in [-0.25, -0.2) is 9.36 Å². The highest BCUT2D eigenvalue weighted by Crippen LogP contribution is 2.32. The maximum atomic E-state index is 12.5. The third-order valence-corrected chi connectivity index (χ3v) is 4.67. The van der Waals surface area contributed by atoms with Gasteiger partial charge in [0.05, 0.1) is 0 Å². The molecular formula is C18H16N4O5. The number of fused-ring (bicyclic) bond motifs is 2. The van der Waals surface area contributed by atoms with Gasteiger partial charge in [-0.1, -0.05) is 6.07 Å². The summed E-state index contributed by atoms with van der Waals surface area (Å²) in [5.41, 5.74) is -0.0675. The molecule has 27 heavy (non-hydrogen) atoms. The van der Waals surface area contributed by atoms with Gasteiger partial charge in [-0.3, -0.25) is 14.2 Å². The Hall–Kier alpha value is -3.54. The lowest BCUT2D eigenvalue weighted by Gasteiger charge is -2.11. The minimum atomic E-state index is -0.714. The first-order valence-electron chi connectivity index (χ1n) is 8.50. The Balaban J connectivity index is 1.51. The molecule has 0 radical (unpaired) electrons. The number of benzene rings is 1. The van der Waals surface area contributed by atoms with Crippen molar-refractivity contribution >= 4 is 5.91 Å². The van der Waals surface area contributed by atoms with Gasteiger partial charge in [-0.2, -0.15) is 5.26 Å². The van der Waals surface area contributed by atoms with Crippen LogP contribution in [0.15, 0.2) is 27.8 Å². The summed E-state index contributed by atoms with van der Waals surface area (Å²) in [7, 11) is 0. The van der Waals surface area contributed by atoms with E-state index in [0.717, 1.165) is 10.1 Å². The molecule has 1 aromatic heterocycles. The summed E-state index contributed by atoms with van der Waals surface area (Å²) < 4.78 is 12.7. The van der Waals surface area contributed by atoms with E-state index in [1.165, 1.54) is 4.57 Å². The van der Waals surface area contributed by atoms with Crippen molar-refractivity contribution in [2.75, 3.05) is 6.79 Å². The van der Waals surface area contributed by atoms with E-state index in [1.807, 2.05) is 6.07 Å². The zero-order valence-corrected chi connectivity index (χ0v) is 14.4. The van der Waals surface area contributed by atoms with E-state index in [2.05, 4.69) is 5.32 Å². The maximum absolute atomic E-state index is 12.5. The molecule has 0 aliphatic carbocycles. The van der Waals surface area contributed by atoms with Crippen molar-refractivity contribution in [3.8, 4) is 17.6 Å². The predicted octanol–water partition coefficient (Wildman–Crippen LogP) is -0.127. The van der Waals surface area contributed by atoms with Crippen LogP contribution in [-0.4, -0.2) is 21.8 Å². The fourth-order valence-corrected chi connectivity index (χ4v) is 3.34. The Bertz CT molecular complexity index is 1090. The Morgan fingerprint density at radius 3 is 2.89 bits per heavy atom. The van der Waals surface area contributed by atoms with Crippen molar-refractivity contribution in [3.05, 3.63) is 55.9 Å². The Morgan fingerprint density at radius 1 is 1.26 bits per heavy atom. The quantitative estimate of drug-likeness (QED) is 0.804. The van der Waals surface area contributed by atoms with Gasteiger partial charge in [0.1, 0.15) is 18.2 Å². The van der Waals surface area contributed by atoms with Gasteiger partial charge in [-0.15, -0.1) is 0 Å². The van der Waals surface area contributed by atoms with Gasteiger partial charge in [0.15, 0.2) is 11.5 Å². The van der Waals surface area contributed by atoms with Crippen LogP contribution in [0.1, 0.15) is 23.2 Å². The van der Waals surface area contributed by atoms with E-state index >= 15 is 0 Å². The number of nitriles is 1. The summed E-state index contributed by atoms with van der Waals surface area (Å²) in [6.45, 7) is 0.387. The highest BCUT2D eigenvalue weighted by atomic mass is 16.7. The molecule has 2 aliphatic rings. The van der Waals surface area contributed by atoms with Crippen molar-refractivity contribution in [1.82, 2.24) is 14.5 Å². The van der Waals surface area contributed by atoms with Crippen molar-refractivity contribution in [2.24, 2.45) is 0 Å². The number of hydrogen-bond acceptors (Lipinski definition) is 6. The number of aromatic nitrogens is 2. The van der Waals surface area contributed by atoms with Crippen LogP contribution in [0.5, 0.6) is 11.5 Å². The van der Waals surface area contributed by atoms with E-state index in [0.29, 0.717) is 36.6 Å². The van der Waals surface area contributed by atoms with Crippen molar-refractivity contribution in [1.29, 1.82) is 5.26 Å². The molecule has 0 saturated heterocycles. The molecule has 0 atom stereocenters. The number of hydrogen-bond donors (Lipinski definition) is 1. The lowest BCUT2D eigenvalue weighted by atomic mass is 10.2. The molecule has 1 N–H and O–H groups in total. The molecule has 2 aliphatic heterocycles. The molecule has 0 saturated carbocycles. The molecule has 9 heteroatoms. The van der Waals surface area contributed by atoms with Gasteiger partial charge in [0.25, 0.3) is 5.56 Å². The van der Waals surface area contributed by atoms with Crippen LogP contribution in [0.4, 0.5) is 0 Å². The van der Waals surface area contributed by atoms with Crippen molar-refractivity contribution < 1.29 is 14.3 Å².